The maximum atomic E-state index is 12.0. The van der Waals surface area contributed by atoms with Crippen LogP contribution in [-0.2, 0) is 4.79 Å². The fraction of sp³-hybridized carbons (Fsp3) is 0.143. The van der Waals surface area contributed by atoms with E-state index in [0.29, 0.717) is 16.6 Å². The number of hydrogen-bond donors (Lipinski definition) is 2. The van der Waals surface area contributed by atoms with Gasteiger partial charge < -0.3 is 20.3 Å². The zero-order chi connectivity index (χ0) is 19.9. The van der Waals surface area contributed by atoms with Crippen LogP contribution >= 0.6 is 11.6 Å². The molecule has 0 atom stereocenters. The Labute approximate surface area is 169 Å². The lowest BCUT2D eigenvalue weighted by Gasteiger charge is -2.13. The summed E-state index contributed by atoms with van der Waals surface area (Å²) in [5.41, 5.74) is 2.91. The van der Waals surface area contributed by atoms with Gasteiger partial charge in [0.05, 0.1) is 11.9 Å². The smallest absolute Gasteiger partial charge is 0.263 e. The number of amides is 1. The molecular formula is C21H21ClN4O2. The lowest BCUT2D eigenvalue weighted by Crippen LogP contribution is -2.20. The average molecular weight is 397 g/mol. The minimum absolute atomic E-state index is 0.110. The molecule has 3 aromatic rings. The van der Waals surface area contributed by atoms with Crippen LogP contribution in [0.3, 0.4) is 0 Å². The van der Waals surface area contributed by atoms with Crippen molar-refractivity contribution in [2.45, 2.75) is 0 Å². The highest BCUT2D eigenvalue weighted by atomic mass is 35.5. The predicted octanol–water partition coefficient (Wildman–Crippen LogP) is 4.56. The first-order chi connectivity index (χ1) is 13.5. The Bertz CT molecular complexity index is 911. The zero-order valence-electron chi connectivity index (χ0n) is 15.6. The largest absolute Gasteiger partial charge is 0.484 e. The fourth-order valence-electron chi connectivity index (χ4n) is 2.41. The van der Waals surface area contributed by atoms with Gasteiger partial charge in [0.1, 0.15) is 11.6 Å². The summed E-state index contributed by atoms with van der Waals surface area (Å²) in [6, 6.07) is 18.5. The highest BCUT2D eigenvalue weighted by Crippen LogP contribution is 2.20. The maximum Gasteiger partial charge on any atom is 0.263 e. The Morgan fingerprint density at radius 1 is 1.00 bits per heavy atom. The van der Waals surface area contributed by atoms with Crippen molar-refractivity contribution in [1.82, 2.24) is 4.98 Å². The molecule has 0 spiro atoms. The maximum absolute atomic E-state index is 12.0. The topological polar surface area (TPSA) is 66.5 Å². The van der Waals surface area contributed by atoms with Gasteiger partial charge in [0.2, 0.25) is 0 Å². The van der Waals surface area contributed by atoms with Crippen LogP contribution in [0.5, 0.6) is 5.75 Å². The van der Waals surface area contributed by atoms with E-state index in [1.807, 2.05) is 49.3 Å². The van der Waals surface area contributed by atoms with Crippen molar-refractivity contribution in [3.63, 3.8) is 0 Å². The molecule has 0 radical (unpaired) electrons. The number of aromatic nitrogens is 1. The van der Waals surface area contributed by atoms with E-state index >= 15 is 0 Å². The van der Waals surface area contributed by atoms with Gasteiger partial charge in [-0.15, -0.1) is 0 Å². The van der Waals surface area contributed by atoms with Crippen molar-refractivity contribution in [3.8, 4) is 5.75 Å². The predicted molar refractivity (Wildman–Crippen MR) is 114 cm³/mol. The molecule has 1 heterocycles. The van der Waals surface area contributed by atoms with Gasteiger partial charge in [-0.3, -0.25) is 4.79 Å². The van der Waals surface area contributed by atoms with E-state index in [0.717, 1.165) is 17.1 Å². The second-order valence-corrected chi connectivity index (χ2v) is 6.73. The van der Waals surface area contributed by atoms with Crippen molar-refractivity contribution in [2.75, 3.05) is 36.2 Å². The number of rotatable bonds is 7. The van der Waals surface area contributed by atoms with Crippen molar-refractivity contribution in [2.24, 2.45) is 0 Å². The molecule has 7 heteroatoms. The van der Waals surface area contributed by atoms with Crippen molar-refractivity contribution in [3.05, 3.63) is 71.9 Å². The third kappa shape index (κ3) is 5.62. The number of ether oxygens (including phenoxy) is 1. The molecule has 2 aromatic carbocycles. The lowest BCUT2D eigenvalue weighted by atomic mass is 10.2. The summed E-state index contributed by atoms with van der Waals surface area (Å²) < 4.78 is 5.41. The van der Waals surface area contributed by atoms with Crippen LogP contribution in [0.4, 0.5) is 22.9 Å². The van der Waals surface area contributed by atoms with Gasteiger partial charge in [-0.05, 0) is 60.7 Å². The molecule has 0 unspecified atom stereocenters. The second kappa shape index (κ2) is 9.10. The van der Waals surface area contributed by atoms with Gasteiger partial charge >= 0.3 is 0 Å². The Balaban J connectivity index is 1.50. The van der Waals surface area contributed by atoms with E-state index in [2.05, 4.69) is 15.6 Å². The number of benzene rings is 2. The van der Waals surface area contributed by atoms with Crippen LogP contribution in [0.2, 0.25) is 5.02 Å². The zero-order valence-corrected chi connectivity index (χ0v) is 16.4. The molecule has 6 nitrogen and oxygen atoms in total. The van der Waals surface area contributed by atoms with E-state index < -0.39 is 0 Å². The first-order valence-electron chi connectivity index (χ1n) is 8.68. The summed E-state index contributed by atoms with van der Waals surface area (Å²) in [5.74, 6) is 0.744. The number of carbonyl (C=O) groups excluding carboxylic acids is 1. The molecule has 1 aromatic heterocycles. The van der Waals surface area contributed by atoms with Gasteiger partial charge in [-0.25, -0.2) is 4.98 Å². The highest BCUT2D eigenvalue weighted by molar-refractivity contribution is 6.30. The summed E-state index contributed by atoms with van der Waals surface area (Å²) >= 11 is 5.81. The number of halogens is 1. The van der Waals surface area contributed by atoms with E-state index in [-0.39, 0.29) is 12.5 Å². The first-order valence-corrected chi connectivity index (χ1v) is 9.06. The fourth-order valence-corrected chi connectivity index (χ4v) is 2.54. The van der Waals surface area contributed by atoms with Crippen LogP contribution in [0.25, 0.3) is 0 Å². The quantitative estimate of drug-likeness (QED) is 0.612. The van der Waals surface area contributed by atoms with Crippen LogP contribution in [0.15, 0.2) is 66.9 Å². The molecular weight excluding hydrogens is 376 g/mol. The Kier molecular flexibility index (Phi) is 6.34. The van der Waals surface area contributed by atoms with Gasteiger partial charge in [-0.1, -0.05) is 11.6 Å². The number of nitrogens with one attached hydrogen (secondary N) is 2. The average Bonchev–Trinajstić information content (AvgIpc) is 2.69. The third-order valence-corrected chi connectivity index (χ3v) is 4.14. The highest BCUT2D eigenvalue weighted by Gasteiger charge is 2.05. The van der Waals surface area contributed by atoms with Crippen LogP contribution < -0.4 is 20.3 Å². The van der Waals surface area contributed by atoms with E-state index in [4.69, 9.17) is 16.3 Å². The molecule has 0 aliphatic carbocycles. The van der Waals surface area contributed by atoms with Gasteiger partial charge in [0, 0.05) is 30.5 Å². The normalized spacial score (nSPS) is 10.2. The number of anilines is 4. The molecule has 2 N–H and O–H groups in total. The summed E-state index contributed by atoms with van der Waals surface area (Å²) in [5, 5.41) is 6.59. The Morgan fingerprint density at radius 3 is 2.29 bits per heavy atom. The molecule has 0 saturated heterocycles. The van der Waals surface area contributed by atoms with Crippen LogP contribution in [0, 0.1) is 0 Å². The standard InChI is InChI=1S/C21H21ClN4O2/c1-26(2)18-8-5-16(6-9-18)24-17-7-12-20(23-13-17)25-21(27)14-28-19-10-3-15(22)4-11-19/h3-13,24H,14H2,1-2H3,(H,23,25,27). The van der Waals surface area contributed by atoms with Crippen LogP contribution in [0.1, 0.15) is 0 Å². The van der Waals surface area contributed by atoms with Gasteiger partial charge in [-0.2, -0.15) is 0 Å². The number of nitrogens with zero attached hydrogens (tertiary/aromatic N) is 2. The molecule has 144 valence electrons. The number of pyridine rings is 1. The molecule has 0 bridgehead atoms. The summed E-state index contributed by atoms with van der Waals surface area (Å²) in [6.45, 7) is -0.110. The molecule has 1 amide bonds. The van der Waals surface area contributed by atoms with Crippen molar-refractivity contribution >= 4 is 40.4 Å². The Hall–Kier alpha value is -3.25. The minimum Gasteiger partial charge on any atom is -0.484 e. The van der Waals surface area contributed by atoms with E-state index in [1.165, 1.54) is 0 Å². The minimum atomic E-state index is -0.289. The monoisotopic (exact) mass is 396 g/mol. The first kappa shape index (κ1) is 19.5. The SMILES string of the molecule is CN(C)c1ccc(Nc2ccc(NC(=O)COc3ccc(Cl)cc3)nc2)cc1. The number of hydrogen-bond acceptors (Lipinski definition) is 5. The molecule has 0 aliphatic rings. The molecule has 28 heavy (non-hydrogen) atoms. The number of carbonyl (C=O) groups is 1. The molecule has 0 saturated carbocycles. The van der Waals surface area contributed by atoms with Crippen molar-refractivity contribution in [1.29, 1.82) is 0 Å². The molecule has 0 fully saturated rings. The lowest BCUT2D eigenvalue weighted by molar-refractivity contribution is -0.118. The summed E-state index contributed by atoms with van der Waals surface area (Å²) in [6.07, 6.45) is 1.66. The van der Waals surface area contributed by atoms with E-state index in [1.54, 1.807) is 36.5 Å². The summed E-state index contributed by atoms with van der Waals surface area (Å²) in [7, 11) is 4.00. The van der Waals surface area contributed by atoms with Gasteiger partial charge in [0.15, 0.2) is 6.61 Å². The third-order valence-electron chi connectivity index (χ3n) is 3.89. The van der Waals surface area contributed by atoms with Crippen LogP contribution in [-0.4, -0.2) is 31.6 Å². The second-order valence-electron chi connectivity index (χ2n) is 6.29. The van der Waals surface area contributed by atoms with E-state index in [9.17, 15) is 4.79 Å². The summed E-state index contributed by atoms with van der Waals surface area (Å²) in [4.78, 5) is 18.3. The van der Waals surface area contributed by atoms with Gasteiger partial charge in [0.25, 0.3) is 5.91 Å². The Morgan fingerprint density at radius 2 is 1.68 bits per heavy atom. The molecule has 0 aliphatic heterocycles. The van der Waals surface area contributed by atoms with Crippen molar-refractivity contribution < 1.29 is 9.53 Å². The molecule has 3 rings (SSSR count).